The summed E-state index contributed by atoms with van der Waals surface area (Å²) >= 11 is 12.9. The number of carbonyl (C=O) groups is 3. The number of fused-ring (bicyclic) bond motifs is 4. The summed E-state index contributed by atoms with van der Waals surface area (Å²) in [5.74, 6) is 3.00. The van der Waals surface area contributed by atoms with Crippen molar-refractivity contribution in [2.45, 2.75) is 129 Å². The first-order valence-electron chi connectivity index (χ1n) is 29.3. The van der Waals surface area contributed by atoms with Gasteiger partial charge in [0.2, 0.25) is 11.8 Å². The van der Waals surface area contributed by atoms with E-state index in [9.17, 15) is 14.4 Å². The van der Waals surface area contributed by atoms with Crippen molar-refractivity contribution in [3.63, 3.8) is 0 Å². The molecule has 2 aliphatic carbocycles. The molecule has 4 aliphatic heterocycles. The summed E-state index contributed by atoms with van der Waals surface area (Å²) in [4.78, 5) is 70.8. The van der Waals surface area contributed by atoms with Crippen molar-refractivity contribution in [1.29, 1.82) is 0 Å². The van der Waals surface area contributed by atoms with Crippen LogP contribution in [0.25, 0.3) is 0 Å². The van der Waals surface area contributed by atoms with E-state index in [4.69, 9.17) is 37.9 Å². The maximum Gasteiger partial charge on any atom is 0.411 e. The highest BCUT2D eigenvalue weighted by Crippen LogP contribution is 2.40. The molecule has 0 unspecified atom stereocenters. The Morgan fingerprint density at radius 1 is 0.605 bits per heavy atom. The van der Waals surface area contributed by atoms with E-state index in [0.717, 1.165) is 129 Å². The van der Waals surface area contributed by atoms with Crippen molar-refractivity contribution in [2.75, 3.05) is 65.4 Å². The highest BCUT2D eigenvalue weighted by Gasteiger charge is 2.44. The van der Waals surface area contributed by atoms with E-state index in [1.165, 1.54) is 27.8 Å². The number of aromatic nitrogens is 6. The molecule has 428 valence electrons. The number of benzene rings is 2. The number of aryl methyl sites for hydroxylation is 6. The Labute approximate surface area is 487 Å². The standard InChI is InChI=1S/C34H43ClN6O3.C29H35ClN6O/c1-23-36-14-16-38(23)20-24-7-6-15-40(21-24)32(42)29-22-39(17-18-41(29)33(43)44-34(2,3)4)31-28-12-11-27(35)19-26(28)10-9-25-8-5-13-37-30(25)31;1-20-31-11-14-34(20)17-21-4-3-13-36(18-21)29(37)26-19-35(15-12-32-26)28-25-9-8-24(30)16-23(25)7-6-22-5-2-10-33-27(22)28/h5,8,11-14,16,19,24,29,31H,6-7,9-10,15,17-18,20-22H2,1-4H3;2,5,8-11,14,16,21,26,28,32H,3-4,6-7,12-13,15,17-19H2,1H3/t24-,29-,31+;21-,26-,28+/m11/s1. The first kappa shape index (κ1) is 56.7. The van der Waals surface area contributed by atoms with E-state index in [1.807, 2.05) is 101 Å². The zero-order valence-corrected chi connectivity index (χ0v) is 49.2. The number of amides is 3. The molecule has 0 spiro atoms. The van der Waals surface area contributed by atoms with E-state index in [-0.39, 0.29) is 29.9 Å². The number of nitrogens with zero attached hydrogens (tertiary/aromatic N) is 11. The Morgan fingerprint density at radius 3 is 1.64 bits per heavy atom. The molecule has 6 atom stereocenters. The van der Waals surface area contributed by atoms with Crippen LogP contribution >= 0.6 is 23.2 Å². The number of nitrogens with one attached hydrogen (secondary N) is 1. The lowest BCUT2D eigenvalue weighted by Crippen LogP contribution is -2.63. The van der Waals surface area contributed by atoms with Gasteiger partial charge in [-0.3, -0.25) is 34.3 Å². The highest BCUT2D eigenvalue weighted by atomic mass is 35.5. The number of imidazole rings is 2. The fraction of sp³-hybridized carbons (Fsp3) is 0.508. The summed E-state index contributed by atoms with van der Waals surface area (Å²) in [6.45, 7) is 18.1. The second kappa shape index (κ2) is 24.7. The van der Waals surface area contributed by atoms with Crippen LogP contribution in [0.3, 0.4) is 0 Å². The van der Waals surface area contributed by atoms with Gasteiger partial charge in [-0.1, -0.05) is 47.5 Å². The van der Waals surface area contributed by atoms with Crippen LogP contribution in [0.15, 0.2) is 97.8 Å². The van der Waals surface area contributed by atoms with Gasteiger partial charge in [-0.2, -0.15) is 0 Å². The van der Waals surface area contributed by atoms with E-state index in [0.29, 0.717) is 51.1 Å². The van der Waals surface area contributed by atoms with Crippen LogP contribution in [0.2, 0.25) is 10.0 Å². The third-order valence-corrected chi connectivity index (χ3v) is 17.9. The Hall–Kier alpha value is -6.17. The molecule has 12 rings (SSSR count). The van der Waals surface area contributed by atoms with Gasteiger partial charge in [0.15, 0.2) is 0 Å². The first-order chi connectivity index (χ1) is 39.1. The average Bonchev–Trinajstić information content (AvgIpc) is 4.02. The lowest BCUT2D eigenvalue weighted by Gasteiger charge is -2.46. The van der Waals surface area contributed by atoms with Crippen LogP contribution in [0.1, 0.15) is 115 Å². The fourth-order valence-corrected chi connectivity index (χ4v) is 13.9. The maximum atomic E-state index is 14.5. The third kappa shape index (κ3) is 12.9. The van der Waals surface area contributed by atoms with Gasteiger partial charge < -0.3 is 29.0 Å². The van der Waals surface area contributed by atoms with Crippen LogP contribution in [0.4, 0.5) is 4.79 Å². The van der Waals surface area contributed by atoms with Gasteiger partial charge >= 0.3 is 6.09 Å². The van der Waals surface area contributed by atoms with E-state index < -0.39 is 17.7 Å². The number of halogens is 2. The molecule has 1 N–H and O–H groups in total. The number of piperazine rings is 2. The van der Waals surface area contributed by atoms with Crippen LogP contribution in [-0.2, 0) is 53.1 Å². The van der Waals surface area contributed by atoms with Gasteiger partial charge in [0.25, 0.3) is 0 Å². The van der Waals surface area contributed by atoms with Crippen molar-refractivity contribution in [1.82, 2.24) is 58.9 Å². The number of hydrogen-bond donors (Lipinski definition) is 1. The smallest absolute Gasteiger partial charge is 0.411 e. The van der Waals surface area contributed by atoms with Gasteiger partial charge in [-0.15, -0.1) is 0 Å². The number of carbonyl (C=O) groups excluding carboxylic acids is 3. The van der Waals surface area contributed by atoms with Gasteiger partial charge in [-0.05, 0) is 168 Å². The minimum Gasteiger partial charge on any atom is -0.444 e. The molecular formula is C63H78Cl2N12O4. The molecule has 4 aromatic heterocycles. The second-order valence-corrected chi connectivity index (χ2v) is 25.0. The minimum absolute atomic E-state index is 0.0150. The summed E-state index contributed by atoms with van der Waals surface area (Å²) in [6.07, 6.45) is 18.9. The molecule has 0 radical (unpaired) electrons. The average molecular weight is 1140 g/mol. The molecule has 0 saturated carbocycles. The molecule has 81 heavy (non-hydrogen) atoms. The summed E-state index contributed by atoms with van der Waals surface area (Å²) in [6, 6.07) is 19.7. The number of hydrogen-bond acceptors (Lipinski definition) is 11. The van der Waals surface area contributed by atoms with Crippen molar-refractivity contribution in [3.8, 4) is 0 Å². The Morgan fingerprint density at radius 2 is 1.12 bits per heavy atom. The Balaban J connectivity index is 0.000000173. The SMILES string of the molecule is Cc1nccn1C[C@H]1CCCN(C(=O)[C@H]2CN([C@H]3c4ccc(Cl)cc4CCc4cccnc43)CCN2)C1.Cc1nccn1C[C@H]1CCCN(C(=O)[C@H]2CN([C@H]3c4ccc(Cl)cc4CCc4cccnc43)CCN2C(=O)OC(C)(C)C)C1. The number of rotatable bonds is 8. The van der Waals surface area contributed by atoms with Crippen LogP contribution < -0.4 is 5.32 Å². The quantitative estimate of drug-likeness (QED) is 0.156. The Bertz CT molecular complexity index is 3210. The second-order valence-electron chi connectivity index (χ2n) is 24.1. The van der Waals surface area contributed by atoms with E-state index in [2.05, 4.69) is 75.5 Å². The molecule has 4 saturated heterocycles. The zero-order chi connectivity index (χ0) is 56.4. The molecule has 16 nitrogen and oxygen atoms in total. The van der Waals surface area contributed by atoms with Gasteiger partial charge in [0, 0.05) is 126 Å². The molecule has 18 heteroatoms. The van der Waals surface area contributed by atoms with Crippen LogP contribution in [0, 0.1) is 25.7 Å². The van der Waals surface area contributed by atoms with Crippen molar-refractivity contribution >= 4 is 41.1 Å². The van der Waals surface area contributed by atoms with E-state index in [1.54, 1.807) is 4.90 Å². The molecule has 8 heterocycles. The molecule has 6 aromatic rings. The monoisotopic (exact) mass is 1140 g/mol. The van der Waals surface area contributed by atoms with Crippen molar-refractivity contribution in [3.05, 3.63) is 164 Å². The normalized spacial score (nSPS) is 23.4. The number of ether oxygens (including phenoxy) is 1. The van der Waals surface area contributed by atoms with Crippen LogP contribution in [0.5, 0.6) is 0 Å². The fourth-order valence-electron chi connectivity index (χ4n) is 13.5. The lowest BCUT2D eigenvalue weighted by molar-refractivity contribution is -0.141. The molecule has 6 aliphatic rings. The van der Waals surface area contributed by atoms with Crippen molar-refractivity contribution in [2.24, 2.45) is 11.8 Å². The summed E-state index contributed by atoms with van der Waals surface area (Å²) in [7, 11) is 0. The summed E-state index contributed by atoms with van der Waals surface area (Å²) in [5.41, 5.74) is 8.87. The van der Waals surface area contributed by atoms with Gasteiger partial charge in [-0.25, -0.2) is 14.8 Å². The zero-order valence-electron chi connectivity index (χ0n) is 47.7. The minimum atomic E-state index is -0.668. The molecule has 0 bridgehead atoms. The van der Waals surface area contributed by atoms with E-state index >= 15 is 0 Å². The molecule has 3 amide bonds. The highest BCUT2D eigenvalue weighted by molar-refractivity contribution is 6.31. The first-order valence-corrected chi connectivity index (χ1v) is 30.1. The molecular weight excluding hydrogens is 1060 g/mol. The number of likely N-dealkylation sites (tertiary alicyclic amines) is 2. The number of piperidine rings is 2. The largest absolute Gasteiger partial charge is 0.444 e. The predicted octanol–water partition coefficient (Wildman–Crippen LogP) is 8.93. The van der Waals surface area contributed by atoms with Crippen molar-refractivity contribution < 1.29 is 19.1 Å². The van der Waals surface area contributed by atoms with Gasteiger partial charge in [0.1, 0.15) is 23.3 Å². The summed E-state index contributed by atoms with van der Waals surface area (Å²) in [5, 5.41) is 5.03. The topological polar surface area (TPSA) is 150 Å². The third-order valence-electron chi connectivity index (χ3n) is 17.5. The Kier molecular flexibility index (Phi) is 17.3. The molecule has 2 aromatic carbocycles. The summed E-state index contributed by atoms with van der Waals surface area (Å²) < 4.78 is 10.2. The maximum absolute atomic E-state index is 14.5. The molecule has 4 fully saturated rings. The van der Waals surface area contributed by atoms with Gasteiger partial charge in [0.05, 0.1) is 29.5 Å². The lowest BCUT2D eigenvalue weighted by atomic mass is 9.94. The number of pyridine rings is 2. The predicted molar refractivity (Wildman–Crippen MR) is 314 cm³/mol. The van der Waals surface area contributed by atoms with Crippen LogP contribution in [-0.4, -0.2) is 155 Å².